The standard InChI is InChI=1S/C13H10F3N3OS/c14-13(15,16)11-18-19-12(21-11)17-10(20)9-5-4-7-2-1-3-8(7)6-9/h4-6H,1-3H2,(H,17,19,20). The number of hydrogen-bond acceptors (Lipinski definition) is 4. The van der Waals surface area contributed by atoms with E-state index < -0.39 is 17.1 Å². The number of alkyl halides is 3. The van der Waals surface area contributed by atoms with Crippen LogP contribution in [0.15, 0.2) is 18.2 Å². The van der Waals surface area contributed by atoms with Crippen molar-refractivity contribution in [1.82, 2.24) is 10.2 Å². The summed E-state index contributed by atoms with van der Waals surface area (Å²) >= 11 is 0.309. The molecule has 0 saturated heterocycles. The normalized spacial score (nSPS) is 14.0. The van der Waals surface area contributed by atoms with Crippen molar-refractivity contribution < 1.29 is 18.0 Å². The molecule has 21 heavy (non-hydrogen) atoms. The van der Waals surface area contributed by atoms with E-state index in [2.05, 4.69) is 15.5 Å². The van der Waals surface area contributed by atoms with Gasteiger partial charge < -0.3 is 0 Å². The minimum Gasteiger partial charge on any atom is -0.296 e. The molecule has 0 aliphatic heterocycles. The third-order valence-electron chi connectivity index (χ3n) is 3.25. The summed E-state index contributed by atoms with van der Waals surface area (Å²) in [6.07, 6.45) is -1.56. The largest absolute Gasteiger partial charge is 0.445 e. The van der Waals surface area contributed by atoms with Crippen LogP contribution in [0.3, 0.4) is 0 Å². The minimum absolute atomic E-state index is 0.159. The number of anilines is 1. The second-order valence-corrected chi connectivity index (χ2v) is 5.68. The lowest BCUT2D eigenvalue weighted by molar-refractivity contribution is -0.138. The van der Waals surface area contributed by atoms with Gasteiger partial charge in [-0.3, -0.25) is 10.1 Å². The van der Waals surface area contributed by atoms with Crippen molar-refractivity contribution in [1.29, 1.82) is 0 Å². The Morgan fingerprint density at radius 1 is 1.19 bits per heavy atom. The van der Waals surface area contributed by atoms with E-state index in [9.17, 15) is 18.0 Å². The van der Waals surface area contributed by atoms with Crippen molar-refractivity contribution in [2.75, 3.05) is 5.32 Å². The first-order valence-electron chi connectivity index (χ1n) is 6.27. The number of nitrogens with zero attached hydrogens (tertiary/aromatic N) is 2. The molecule has 3 rings (SSSR count). The summed E-state index contributed by atoms with van der Waals surface area (Å²) in [6, 6.07) is 5.34. The first-order chi connectivity index (χ1) is 9.93. The van der Waals surface area contributed by atoms with Gasteiger partial charge in [-0.25, -0.2) is 0 Å². The topological polar surface area (TPSA) is 54.9 Å². The number of nitrogens with one attached hydrogen (secondary N) is 1. The Morgan fingerprint density at radius 2 is 1.95 bits per heavy atom. The lowest BCUT2D eigenvalue weighted by Gasteiger charge is -2.04. The number of fused-ring (bicyclic) bond motifs is 1. The predicted molar refractivity (Wildman–Crippen MR) is 71.3 cm³/mol. The number of rotatable bonds is 2. The fourth-order valence-corrected chi connectivity index (χ4v) is 2.88. The van der Waals surface area contributed by atoms with Crippen LogP contribution in [0.25, 0.3) is 0 Å². The highest BCUT2D eigenvalue weighted by Gasteiger charge is 2.35. The number of halogens is 3. The van der Waals surface area contributed by atoms with Gasteiger partial charge in [0, 0.05) is 5.56 Å². The average Bonchev–Trinajstić information content (AvgIpc) is 3.04. The van der Waals surface area contributed by atoms with Crippen LogP contribution in [0.2, 0.25) is 0 Å². The summed E-state index contributed by atoms with van der Waals surface area (Å²) in [5, 5.41) is 7.47. The van der Waals surface area contributed by atoms with Crippen LogP contribution >= 0.6 is 11.3 Å². The molecule has 1 amide bonds. The molecule has 0 radical (unpaired) electrons. The molecule has 0 spiro atoms. The summed E-state index contributed by atoms with van der Waals surface area (Å²) in [7, 11) is 0. The molecule has 110 valence electrons. The molecular weight excluding hydrogens is 303 g/mol. The van der Waals surface area contributed by atoms with E-state index in [1.165, 1.54) is 5.56 Å². The Hall–Kier alpha value is -1.96. The molecule has 1 aliphatic carbocycles. The Balaban J connectivity index is 1.76. The first-order valence-corrected chi connectivity index (χ1v) is 7.09. The average molecular weight is 313 g/mol. The van der Waals surface area contributed by atoms with Gasteiger partial charge in [0.2, 0.25) is 10.1 Å². The number of hydrogen-bond donors (Lipinski definition) is 1. The maximum atomic E-state index is 12.4. The maximum absolute atomic E-state index is 12.4. The van der Waals surface area contributed by atoms with Crippen LogP contribution in [-0.2, 0) is 19.0 Å². The molecule has 1 aromatic carbocycles. The van der Waals surface area contributed by atoms with E-state index in [-0.39, 0.29) is 5.13 Å². The van der Waals surface area contributed by atoms with Crippen molar-refractivity contribution in [3.63, 3.8) is 0 Å². The number of aromatic nitrogens is 2. The smallest absolute Gasteiger partial charge is 0.296 e. The van der Waals surface area contributed by atoms with Crippen molar-refractivity contribution in [2.45, 2.75) is 25.4 Å². The molecule has 0 fully saturated rings. The third kappa shape index (κ3) is 2.90. The monoisotopic (exact) mass is 313 g/mol. The van der Waals surface area contributed by atoms with E-state index in [1.807, 2.05) is 6.07 Å². The molecule has 0 atom stereocenters. The molecule has 1 aliphatic rings. The van der Waals surface area contributed by atoms with Gasteiger partial charge in [0.15, 0.2) is 0 Å². The van der Waals surface area contributed by atoms with Crippen LogP contribution in [0, 0.1) is 0 Å². The van der Waals surface area contributed by atoms with Gasteiger partial charge >= 0.3 is 6.18 Å². The fourth-order valence-electron chi connectivity index (χ4n) is 2.27. The quantitative estimate of drug-likeness (QED) is 0.925. The van der Waals surface area contributed by atoms with Crippen molar-refractivity contribution >= 4 is 22.4 Å². The molecule has 0 saturated carbocycles. The first kappa shape index (κ1) is 14.0. The molecule has 1 N–H and O–H groups in total. The Morgan fingerprint density at radius 3 is 2.67 bits per heavy atom. The van der Waals surface area contributed by atoms with Gasteiger partial charge in [0.05, 0.1) is 0 Å². The number of carbonyl (C=O) groups is 1. The third-order valence-corrected chi connectivity index (χ3v) is 4.13. The van der Waals surface area contributed by atoms with Crippen LogP contribution in [0.4, 0.5) is 18.3 Å². The summed E-state index contributed by atoms with van der Waals surface area (Å²) in [5.41, 5.74) is 2.76. The Labute approximate surface area is 122 Å². The van der Waals surface area contributed by atoms with Crippen molar-refractivity contribution in [2.24, 2.45) is 0 Å². The minimum atomic E-state index is -4.55. The Bertz CT molecular complexity index is 696. The molecule has 0 bridgehead atoms. The van der Waals surface area contributed by atoms with Crippen molar-refractivity contribution in [3.05, 3.63) is 39.9 Å². The summed E-state index contributed by atoms with van der Waals surface area (Å²) < 4.78 is 37.2. The van der Waals surface area contributed by atoms with Gasteiger partial charge in [-0.05, 0) is 42.5 Å². The highest BCUT2D eigenvalue weighted by atomic mass is 32.1. The van der Waals surface area contributed by atoms with E-state index >= 15 is 0 Å². The number of benzene rings is 1. The van der Waals surface area contributed by atoms with E-state index in [0.29, 0.717) is 16.9 Å². The van der Waals surface area contributed by atoms with E-state index in [1.54, 1.807) is 12.1 Å². The predicted octanol–water partition coefficient (Wildman–Crippen LogP) is 3.30. The van der Waals surface area contributed by atoms with Gasteiger partial charge in [0.1, 0.15) is 0 Å². The van der Waals surface area contributed by atoms with Gasteiger partial charge in [-0.1, -0.05) is 17.4 Å². The number of amides is 1. The molecule has 8 heteroatoms. The lowest BCUT2D eigenvalue weighted by Crippen LogP contribution is -2.12. The van der Waals surface area contributed by atoms with Crippen LogP contribution < -0.4 is 5.32 Å². The maximum Gasteiger partial charge on any atom is 0.445 e. The van der Waals surface area contributed by atoms with Gasteiger partial charge in [-0.15, -0.1) is 10.2 Å². The van der Waals surface area contributed by atoms with Crippen LogP contribution in [0.1, 0.15) is 32.9 Å². The molecule has 1 aromatic heterocycles. The van der Waals surface area contributed by atoms with Crippen molar-refractivity contribution in [3.8, 4) is 0 Å². The van der Waals surface area contributed by atoms with Crippen LogP contribution in [0.5, 0.6) is 0 Å². The fraction of sp³-hybridized carbons (Fsp3) is 0.308. The number of carbonyl (C=O) groups excluding carboxylic acids is 1. The summed E-state index contributed by atoms with van der Waals surface area (Å²) in [5.74, 6) is -0.477. The summed E-state index contributed by atoms with van der Waals surface area (Å²) in [6.45, 7) is 0. The zero-order valence-corrected chi connectivity index (χ0v) is 11.5. The van der Waals surface area contributed by atoms with Gasteiger partial charge in [-0.2, -0.15) is 13.2 Å². The van der Waals surface area contributed by atoms with Crippen LogP contribution in [-0.4, -0.2) is 16.1 Å². The van der Waals surface area contributed by atoms with E-state index in [0.717, 1.165) is 24.8 Å². The van der Waals surface area contributed by atoms with Gasteiger partial charge in [0.25, 0.3) is 5.91 Å². The highest BCUT2D eigenvalue weighted by molar-refractivity contribution is 7.15. The van der Waals surface area contributed by atoms with E-state index in [4.69, 9.17) is 0 Å². The molecular formula is C13H10F3N3OS. The second-order valence-electron chi connectivity index (χ2n) is 4.70. The highest BCUT2D eigenvalue weighted by Crippen LogP contribution is 2.33. The summed E-state index contributed by atoms with van der Waals surface area (Å²) in [4.78, 5) is 12.0. The Kier molecular flexibility index (Phi) is 3.40. The second kappa shape index (κ2) is 5.10. The SMILES string of the molecule is O=C(Nc1nnc(C(F)(F)F)s1)c1ccc2c(c1)CCC2. The number of aryl methyl sites for hydroxylation is 2. The zero-order valence-electron chi connectivity index (χ0n) is 10.7. The lowest BCUT2D eigenvalue weighted by atomic mass is 10.1. The molecule has 0 unspecified atom stereocenters. The molecule has 1 heterocycles. The molecule has 2 aromatic rings. The molecule has 4 nitrogen and oxygen atoms in total. The zero-order chi connectivity index (χ0) is 15.0.